The molecule has 6 aliphatic rings. The Labute approximate surface area is 716 Å². The lowest BCUT2D eigenvalue weighted by Crippen LogP contribution is -2.26. The molecule has 1 heterocycles. The minimum absolute atomic E-state index is 0.223. The molecule has 0 fully saturated rings. The third kappa shape index (κ3) is 9.60. The molecule has 0 atom stereocenters. The van der Waals surface area contributed by atoms with E-state index in [9.17, 15) is 0 Å². The summed E-state index contributed by atoms with van der Waals surface area (Å²) >= 11 is 0. The van der Waals surface area contributed by atoms with Crippen molar-refractivity contribution in [3.8, 4) is 111 Å². The molecule has 19 aromatic carbocycles. The van der Waals surface area contributed by atoms with Gasteiger partial charge in [0, 0.05) is 61.2 Å². The molecule has 0 saturated heterocycles. The fourth-order valence-electron chi connectivity index (χ4n) is 23.4. The minimum atomic E-state index is -0.521. The molecular formula is C120H80N2O. The first-order valence-electron chi connectivity index (χ1n) is 43.3. The Morgan fingerprint density at radius 1 is 0.187 bits per heavy atom. The Morgan fingerprint density at radius 3 is 1.06 bits per heavy atom. The van der Waals surface area contributed by atoms with Gasteiger partial charge in [0.15, 0.2) is 0 Å². The third-order valence-electron chi connectivity index (χ3n) is 28.9. The summed E-state index contributed by atoms with van der Waals surface area (Å²) in [6.07, 6.45) is 0. The largest absolute Gasteiger partial charge is 0.455 e. The standard InChI is InChI=1S/C120H80N2O/c1-117(2)102-40-16-8-29-86(102)94-63-57-82(70-110(94)117)122(83-58-65-97-92-35-14-22-46-108(92)120(113(97)72-83)105-43-19-11-32-89(105)90-33-12-20-44-106(90)120)114-47-23-15-36-98(114)100-38-25-39-101-99-61-52-78(68-115(99)123-116(100)101)84-37-24-28-77-66-75(50-59-85(77)84)76-51-60-93-95-62-55-80(69-111(95)118(3,4)109(93)67-76)121(79-53-48-74(49-54-79)73-26-6-5-7-27-73)81-56-64-96-91-34-13-21-45-107(91)119(112(96)71-81)103-41-17-9-30-87(103)88-31-10-18-42-104(88)119/h5-72H,1-4H3. The van der Waals surface area contributed by atoms with Gasteiger partial charge in [0.1, 0.15) is 11.2 Å². The molecule has 1 aromatic heterocycles. The van der Waals surface area contributed by atoms with Crippen molar-refractivity contribution in [1.29, 1.82) is 0 Å². The Balaban J connectivity index is 0.551. The van der Waals surface area contributed by atoms with Crippen LogP contribution in [0.4, 0.5) is 34.1 Å². The lowest BCUT2D eigenvalue weighted by Gasteiger charge is -2.33. The molecule has 0 unspecified atom stereocenters. The monoisotopic (exact) mass is 1560 g/mol. The van der Waals surface area contributed by atoms with Gasteiger partial charge in [-0.25, -0.2) is 0 Å². The van der Waals surface area contributed by atoms with Crippen LogP contribution in [-0.2, 0) is 21.7 Å². The number of benzene rings is 19. The highest BCUT2D eigenvalue weighted by atomic mass is 16.3. The van der Waals surface area contributed by atoms with E-state index in [-0.39, 0.29) is 10.8 Å². The lowest BCUT2D eigenvalue weighted by atomic mass is 9.70. The number of hydrogen-bond acceptors (Lipinski definition) is 3. The number of anilines is 6. The summed E-state index contributed by atoms with van der Waals surface area (Å²) in [6, 6.07) is 156. The van der Waals surface area contributed by atoms with Crippen LogP contribution in [0, 0.1) is 0 Å². The van der Waals surface area contributed by atoms with Crippen molar-refractivity contribution < 1.29 is 4.42 Å². The maximum atomic E-state index is 7.38. The van der Waals surface area contributed by atoms with E-state index >= 15 is 0 Å². The highest BCUT2D eigenvalue weighted by Crippen LogP contribution is 2.67. The van der Waals surface area contributed by atoms with Crippen molar-refractivity contribution in [2.45, 2.75) is 49.4 Å². The van der Waals surface area contributed by atoms with Crippen molar-refractivity contribution >= 4 is 66.8 Å². The molecule has 3 nitrogen and oxygen atoms in total. The summed E-state index contributed by atoms with van der Waals surface area (Å²) in [7, 11) is 0. The topological polar surface area (TPSA) is 19.6 Å². The quantitative estimate of drug-likeness (QED) is 0.136. The van der Waals surface area contributed by atoms with E-state index in [0.717, 1.165) is 78.3 Å². The fraction of sp³-hybridized carbons (Fsp3) is 0.0667. The predicted molar refractivity (Wildman–Crippen MR) is 510 cm³/mol. The number of para-hydroxylation sites is 2. The second-order valence-corrected chi connectivity index (χ2v) is 35.6. The Hall–Kier alpha value is -15.2. The van der Waals surface area contributed by atoms with Crippen molar-refractivity contribution in [3.63, 3.8) is 0 Å². The van der Waals surface area contributed by atoms with E-state index in [1.54, 1.807) is 0 Å². The average Bonchev–Trinajstić information content (AvgIpc) is 1.51. The molecule has 0 saturated carbocycles. The van der Waals surface area contributed by atoms with Gasteiger partial charge < -0.3 is 14.2 Å². The number of furan rings is 1. The van der Waals surface area contributed by atoms with Gasteiger partial charge in [-0.05, 0) is 269 Å². The van der Waals surface area contributed by atoms with Crippen LogP contribution in [0.25, 0.3) is 144 Å². The third-order valence-corrected chi connectivity index (χ3v) is 28.9. The predicted octanol–water partition coefficient (Wildman–Crippen LogP) is 31.6. The molecule has 3 heteroatoms. The first-order valence-corrected chi connectivity index (χ1v) is 43.3. The molecule has 0 N–H and O–H groups in total. The number of fused-ring (bicyclic) bond motifs is 30. The second kappa shape index (κ2) is 25.7. The van der Waals surface area contributed by atoms with Gasteiger partial charge in [0.25, 0.3) is 0 Å². The zero-order valence-electron chi connectivity index (χ0n) is 68.6. The first kappa shape index (κ1) is 69.8. The van der Waals surface area contributed by atoms with Crippen LogP contribution in [0.5, 0.6) is 0 Å². The van der Waals surface area contributed by atoms with Crippen molar-refractivity contribution in [2.75, 3.05) is 9.80 Å². The van der Waals surface area contributed by atoms with Gasteiger partial charge in [-0.2, -0.15) is 0 Å². The molecule has 0 amide bonds. The average molecular weight is 1570 g/mol. The van der Waals surface area contributed by atoms with E-state index in [0.29, 0.717) is 0 Å². The second-order valence-electron chi connectivity index (χ2n) is 35.6. The fourth-order valence-corrected chi connectivity index (χ4v) is 23.4. The normalized spacial score (nSPS) is 14.4. The lowest BCUT2D eigenvalue weighted by molar-refractivity contribution is 0.660. The molecule has 2 spiro atoms. The summed E-state index contributed by atoms with van der Waals surface area (Å²) in [5, 5.41) is 4.53. The van der Waals surface area contributed by atoms with E-state index in [1.807, 2.05) is 0 Å². The van der Waals surface area contributed by atoms with Gasteiger partial charge in [-0.3, -0.25) is 0 Å². The van der Waals surface area contributed by atoms with Crippen molar-refractivity contribution in [3.05, 3.63) is 479 Å². The number of nitrogens with zero attached hydrogens (tertiary/aromatic N) is 2. The summed E-state index contributed by atoms with van der Waals surface area (Å²) in [5.74, 6) is 0. The number of rotatable bonds is 10. The molecular weight excluding hydrogens is 1490 g/mol. The van der Waals surface area contributed by atoms with Gasteiger partial charge in [0.2, 0.25) is 0 Å². The van der Waals surface area contributed by atoms with E-state index in [1.165, 1.54) is 167 Å². The SMILES string of the molecule is CC1(C)c2cc(-c3ccc4c(-c5ccc6c(c5)oc5c(-c7ccccc7N(c7ccc8c(c7)C(C)(C)c7ccccc7-8)c7ccc8c(c7)C7(c9ccccc9-c9ccccc97)c7ccccc7-8)cccc56)cccc4c3)ccc2-c2ccc(N(c3ccc(-c4ccccc4)cc3)c3ccc4c(c3)C3(c5ccccc5-c5ccccc53)c3ccccc3-4)cc21. The summed E-state index contributed by atoms with van der Waals surface area (Å²) in [6.45, 7) is 9.61. The van der Waals surface area contributed by atoms with Crippen LogP contribution in [0.1, 0.15) is 94.5 Å². The van der Waals surface area contributed by atoms with Crippen LogP contribution in [-0.4, -0.2) is 0 Å². The molecule has 20 aromatic rings. The smallest absolute Gasteiger partial charge is 0.143 e. The molecule has 0 radical (unpaired) electrons. The van der Waals surface area contributed by atoms with E-state index in [4.69, 9.17) is 4.42 Å². The van der Waals surface area contributed by atoms with Crippen LogP contribution in [0.15, 0.2) is 417 Å². The highest BCUT2D eigenvalue weighted by Gasteiger charge is 2.54. The van der Waals surface area contributed by atoms with Crippen LogP contribution in [0.3, 0.4) is 0 Å². The number of hydrogen-bond donors (Lipinski definition) is 0. The molecule has 6 aliphatic carbocycles. The van der Waals surface area contributed by atoms with Crippen molar-refractivity contribution in [2.24, 2.45) is 0 Å². The minimum Gasteiger partial charge on any atom is -0.455 e. The Kier molecular flexibility index (Phi) is 14.6. The van der Waals surface area contributed by atoms with Crippen LogP contribution >= 0.6 is 0 Å². The van der Waals surface area contributed by atoms with E-state index < -0.39 is 10.8 Å². The molecule has 0 bridgehead atoms. The van der Waals surface area contributed by atoms with Crippen LogP contribution < -0.4 is 9.80 Å². The highest BCUT2D eigenvalue weighted by molar-refractivity contribution is 6.13. The maximum absolute atomic E-state index is 7.38. The summed E-state index contributed by atoms with van der Waals surface area (Å²) < 4.78 is 7.38. The summed E-state index contributed by atoms with van der Waals surface area (Å²) in [5.41, 5.74) is 47.3. The molecule has 26 rings (SSSR count). The van der Waals surface area contributed by atoms with E-state index in [2.05, 4.69) is 450 Å². The van der Waals surface area contributed by atoms with Gasteiger partial charge in [-0.15, -0.1) is 0 Å². The van der Waals surface area contributed by atoms with Gasteiger partial charge >= 0.3 is 0 Å². The Morgan fingerprint density at radius 2 is 0.528 bits per heavy atom. The summed E-state index contributed by atoms with van der Waals surface area (Å²) in [4.78, 5) is 5.03. The van der Waals surface area contributed by atoms with Crippen LogP contribution in [0.2, 0.25) is 0 Å². The molecule has 123 heavy (non-hydrogen) atoms. The Bertz CT molecular complexity index is 7840. The zero-order chi connectivity index (χ0) is 81.3. The first-order chi connectivity index (χ1) is 60.5. The van der Waals surface area contributed by atoms with Gasteiger partial charge in [-0.1, -0.05) is 349 Å². The molecule has 576 valence electrons. The maximum Gasteiger partial charge on any atom is 0.143 e. The van der Waals surface area contributed by atoms with Crippen molar-refractivity contribution in [1.82, 2.24) is 0 Å². The molecule has 0 aliphatic heterocycles. The zero-order valence-corrected chi connectivity index (χ0v) is 68.6. The van der Waals surface area contributed by atoms with Gasteiger partial charge in [0.05, 0.1) is 16.5 Å².